The fourth-order valence-corrected chi connectivity index (χ4v) is 4.75. The minimum Gasteiger partial charge on any atom is -0.244 e. The van der Waals surface area contributed by atoms with Gasteiger partial charge in [-0.15, -0.1) is 0 Å². The van der Waals surface area contributed by atoms with E-state index >= 15 is 0 Å². The molecule has 4 aliphatic rings. The molecule has 0 amide bonds. The molecule has 13 heavy (non-hydrogen) atoms. The van der Waals surface area contributed by atoms with Crippen molar-refractivity contribution in [2.24, 2.45) is 17.3 Å². The smallest absolute Gasteiger partial charge is 0.112 e. The highest BCUT2D eigenvalue weighted by molar-refractivity contribution is 5.07. The van der Waals surface area contributed by atoms with Gasteiger partial charge in [0.15, 0.2) is 0 Å². The Bertz CT molecular complexity index is 219. The fourth-order valence-electron chi connectivity index (χ4n) is 4.75. The summed E-state index contributed by atoms with van der Waals surface area (Å²) in [5.41, 5.74) is -0.307. The maximum Gasteiger partial charge on any atom is 0.112 e. The molecule has 0 aromatic heterocycles. The van der Waals surface area contributed by atoms with Crippen molar-refractivity contribution >= 4 is 0 Å². The molecule has 4 rings (SSSR count). The van der Waals surface area contributed by atoms with E-state index in [1.165, 1.54) is 25.7 Å². The van der Waals surface area contributed by atoms with Crippen molar-refractivity contribution in [3.05, 3.63) is 0 Å². The summed E-state index contributed by atoms with van der Waals surface area (Å²) in [6, 6.07) is 0. The third-order valence-electron chi connectivity index (χ3n) is 4.86. The molecule has 0 N–H and O–H groups in total. The molecule has 4 bridgehead atoms. The second kappa shape index (κ2) is 2.29. The maximum absolute atomic E-state index is 14.3. The molecule has 4 fully saturated rings. The summed E-state index contributed by atoms with van der Waals surface area (Å²) in [7, 11) is 0. The highest BCUT2D eigenvalue weighted by Gasteiger charge is 2.57. The molecule has 2 unspecified atom stereocenters. The van der Waals surface area contributed by atoms with Crippen molar-refractivity contribution in [2.45, 2.75) is 57.5 Å². The van der Waals surface area contributed by atoms with Gasteiger partial charge in [-0.2, -0.15) is 0 Å². The van der Waals surface area contributed by atoms with E-state index in [0.29, 0.717) is 5.41 Å². The van der Waals surface area contributed by atoms with Gasteiger partial charge in [0.25, 0.3) is 0 Å². The zero-order chi connectivity index (χ0) is 9.10. The molecule has 0 nitrogen and oxygen atoms in total. The van der Waals surface area contributed by atoms with Crippen LogP contribution in [0.15, 0.2) is 0 Å². The van der Waals surface area contributed by atoms with E-state index < -0.39 is 5.67 Å². The maximum atomic E-state index is 14.3. The lowest BCUT2D eigenvalue weighted by Gasteiger charge is -2.59. The van der Waals surface area contributed by atoms with E-state index in [1.807, 2.05) is 0 Å². The number of alkyl halides is 1. The Morgan fingerprint density at radius 2 is 1.77 bits per heavy atom. The van der Waals surface area contributed by atoms with Crippen molar-refractivity contribution < 1.29 is 4.39 Å². The highest BCUT2D eigenvalue weighted by atomic mass is 19.1. The third-order valence-corrected chi connectivity index (χ3v) is 4.86. The summed E-state index contributed by atoms with van der Waals surface area (Å²) in [6.45, 7) is 2.26. The average Bonchev–Trinajstić information content (AvgIpc) is 1.99. The van der Waals surface area contributed by atoms with Crippen molar-refractivity contribution in [1.29, 1.82) is 0 Å². The number of rotatable bonds is 1. The van der Waals surface area contributed by atoms with Gasteiger partial charge in [-0.1, -0.05) is 13.3 Å². The molecule has 0 saturated heterocycles. The topological polar surface area (TPSA) is 0 Å². The molecule has 74 valence electrons. The van der Waals surface area contributed by atoms with Gasteiger partial charge in [-0.05, 0) is 55.8 Å². The van der Waals surface area contributed by atoms with Crippen molar-refractivity contribution in [1.82, 2.24) is 0 Å². The Hall–Kier alpha value is -0.0700. The summed E-state index contributed by atoms with van der Waals surface area (Å²) >= 11 is 0. The van der Waals surface area contributed by atoms with Crippen molar-refractivity contribution in [2.75, 3.05) is 0 Å². The summed E-state index contributed by atoms with van der Waals surface area (Å²) in [6.07, 6.45) is 7.91. The number of halogens is 1. The lowest BCUT2D eigenvalue weighted by Crippen LogP contribution is -2.53. The lowest BCUT2D eigenvalue weighted by molar-refractivity contribution is -0.124. The molecule has 0 aromatic carbocycles. The van der Waals surface area contributed by atoms with E-state index in [4.69, 9.17) is 0 Å². The fraction of sp³-hybridized carbons (Fsp3) is 1.00. The van der Waals surface area contributed by atoms with Gasteiger partial charge in [0, 0.05) is 0 Å². The number of hydrogen-bond donors (Lipinski definition) is 0. The zero-order valence-corrected chi connectivity index (χ0v) is 8.48. The van der Waals surface area contributed by atoms with Gasteiger partial charge in [-0.25, -0.2) is 4.39 Å². The van der Waals surface area contributed by atoms with Crippen molar-refractivity contribution in [3.63, 3.8) is 0 Å². The predicted molar refractivity (Wildman–Crippen MR) is 51.2 cm³/mol. The third kappa shape index (κ3) is 1.08. The van der Waals surface area contributed by atoms with Crippen LogP contribution in [0.5, 0.6) is 0 Å². The normalized spacial score (nSPS) is 58.6. The SMILES string of the molecule is CCC12CC3CC(CC(F)(C3)C1)C2. The first kappa shape index (κ1) is 8.26. The molecule has 0 heterocycles. The van der Waals surface area contributed by atoms with Crippen LogP contribution in [0, 0.1) is 17.3 Å². The zero-order valence-electron chi connectivity index (χ0n) is 8.48. The molecule has 1 heteroatoms. The first-order valence-electron chi connectivity index (χ1n) is 5.82. The molecular formula is C12H19F. The Balaban J connectivity index is 1.95. The molecule has 2 atom stereocenters. The van der Waals surface area contributed by atoms with Crippen LogP contribution in [0.2, 0.25) is 0 Å². The second-order valence-electron chi connectivity index (χ2n) is 5.97. The van der Waals surface area contributed by atoms with Crippen LogP contribution in [0.1, 0.15) is 51.9 Å². The van der Waals surface area contributed by atoms with Crippen LogP contribution >= 0.6 is 0 Å². The van der Waals surface area contributed by atoms with E-state index in [-0.39, 0.29) is 0 Å². The first-order chi connectivity index (χ1) is 6.13. The van der Waals surface area contributed by atoms with Gasteiger partial charge >= 0.3 is 0 Å². The predicted octanol–water partition coefficient (Wildman–Crippen LogP) is 3.70. The Kier molecular flexibility index (Phi) is 1.46. The first-order valence-corrected chi connectivity index (χ1v) is 5.82. The van der Waals surface area contributed by atoms with Crippen LogP contribution in [0.3, 0.4) is 0 Å². The standard InChI is InChI=1S/C12H19F/c1-2-11-4-9-3-10(5-11)7-12(13,6-9)8-11/h9-10H,2-8H2,1H3. The quantitative estimate of drug-likeness (QED) is 0.580. The summed E-state index contributed by atoms with van der Waals surface area (Å²) < 4.78 is 14.3. The Morgan fingerprint density at radius 3 is 2.23 bits per heavy atom. The highest BCUT2D eigenvalue weighted by Crippen LogP contribution is 2.63. The van der Waals surface area contributed by atoms with Gasteiger partial charge in [-0.3, -0.25) is 0 Å². The monoisotopic (exact) mass is 182 g/mol. The molecule has 0 spiro atoms. The van der Waals surface area contributed by atoms with Gasteiger partial charge < -0.3 is 0 Å². The van der Waals surface area contributed by atoms with Crippen LogP contribution in [-0.4, -0.2) is 5.67 Å². The van der Waals surface area contributed by atoms with E-state index in [1.54, 1.807) is 0 Å². The van der Waals surface area contributed by atoms with E-state index in [9.17, 15) is 4.39 Å². The van der Waals surface area contributed by atoms with Crippen LogP contribution in [0.4, 0.5) is 4.39 Å². The largest absolute Gasteiger partial charge is 0.244 e. The van der Waals surface area contributed by atoms with Crippen molar-refractivity contribution in [3.8, 4) is 0 Å². The van der Waals surface area contributed by atoms with Crippen LogP contribution in [0.25, 0.3) is 0 Å². The Labute approximate surface area is 79.9 Å². The van der Waals surface area contributed by atoms with Crippen LogP contribution < -0.4 is 0 Å². The molecular weight excluding hydrogens is 163 g/mol. The summed E-state index contributed by atoms with van der Waals surface area (Å²) in [5.74, 6) is 1.48. The molecule has 0 aliphatic heterocycles. The second-order valence-corrected chi connectivity index (χ2v) is 5.97. The van der Waals surface area contributed by atoms with E-state index in [2.05, 4.69) is 6.92 Å². The summed E-state index contributed by atoms with van der Waals surface area (Å²) in [5, 5.41) is 0. The van der Waals surface area contributed by atoms with Crippen LogP contribution in [-0.2, 0) is 0 Å². The Morgan fingerprint density at radius 1 is 1.15 bits per heavy atom. The lowest BCUT2D eigenvalue weighted by atomic mass is 9.48. The minimum atomic E-state index is -0.736. The van der Waals surface area contributed by atoms with Gasteiger partial charge in [0.05, 0.1) is 0 Å². The average molecular weight is 182 g/mol. The summed E-state index contributed by atoms with van der Waals surface area (Å²) in [4.78, 5) is 0. The minimum absolute atomic E-state index is 0.429. The van der Waals surface area contributed by atoms with Gasteiger partial charge in [0.1, 0.15) is 5.67 Å². The number of hydrogen-bond acceptors (Lipinski definition) is 0. The molecule has 0 aromatic rings. The molecule has 0 radical (unpaired) electrons. The molecule has 4 saturated carbocycles. The van der Waals surface area contributed by atoms with E-state index in [0.717, 1.165) is 31.1 Å². The van der Waals surface area contributed by atoms with Gasteiger partial charge in [0.2, 0.25) is 0 Å². The molecule has 4 aliphatic carbocycles.